The van der Waals surface area contributed by atoms with Gasteiger partial charge in [0.05, 0.1) is 5.56 Å². The van der Waals surface area contributed by atoms with E-state index in [9.17, 15) is 22.8 Å². The van der Waals surface area contributed by atoms with Crippen LogP contribution in [0.4, 0.5) is 13.2 Å². The van der Waals surface area contributed by atoms with E-state index < -0.39 is 17.7 Å². The molecule has 1 N–H and O–H groups in total. The second kappa shape index (κ2) is 8.03. The number of carbonyl (C=O) groups excluding carboxylic acids is 1. The Morgan fingerprint density at radius 2 is 1.85 bits per heavy atom. The van der Waals surface area contributed by atoms with E-state index in [4.69, 9.17) is 5.11 Å². The maximum absolute atomic E-state index is 12.7. The average molecular weight is 365 g/mol. The predicted octanol–water partition coefficient (Wildman–Crippen LogP) is 3.91. The number of allylic oxidation sites excluding steroid dienone is 3. The third-order valence-corrected chi connectivity index (χ3v) is 4.03. The van der Waals surface area contributed by atoms with Gasteiger partial charge in [0.1, 0.15) is 0 Å². The van der Waals surface area contributed by atoms with Gasteiger partial charge in [0.2, 0.25) is 5.91 Å². The van der Waals surface area contributed by atoms with Gasteiger partial charge in [-0.1, -0.05) is 30.4 Å². The Labute approximate surface area is 148 Å². The molecule has 7 heteroatoms. The van der Waals surface area contributed by atoms with Gasteiger partial charge in [-0.05, 0) is 35.3 Å². The first-order valence-corrected chi connectivity index (χ1v) is 7.92. The summed E-state index contributed by atoms with van der Waals surface area (Å²) in [6.07, 6.45) is 1.81. The molecule has 0 spiro atoms. The van der Waals surface area contributed by atoms with Crippen LogP contribution in [0.1, 0.15) is 24.5 Å². The van der Waals surface area contributed by atoms with Gasteiger partial charge in [-0.15, -0.1) is 0 Å². The Morgan fingerprint density at radius 3 is 2.31 bits per heavy atom. The van der Waals surface area contributed by atoms with Crippen molar-refractivity contribution in [1.29, 1.82) is 0 Å². The highest BCUT2D eigenvalue weighted by Gasteiger charge is 2.30. The number of amides is 1. The van der Waals surface area contributed by atoms with E-state index in [1.807, 2.05) is 6.08 Å². The molecule has 138 valence electrons. The lowest BCUT2D eigenvalue weighted by molar-refractivity contribution is -0.137. The van der Waals surface area contributed by atoms with E-state index >= 15 is 0 Å². The number of carbonyl (C=O) groups is 2. The Morgan fingerprint density at radius 1 is 1.19 bits per heavy atom. The molecule has 0 atom stereocenters. The number of alkyl halides is 3. The number of nitrogens with zero attached hydrogens (tertiary/aromatic N) is 1. The smallest absolute Gasteiger partial charge is 0.416 e. The normalized spacial score (nSPS) is 15.9. The average Bonchev–Trinajstić information content (AvgIpc) is 2.58. The Hall–Kier alpha value is -2.83. The second-order valence-electron chi connectivity index (χ2n) is 5.80. The maximum atomic E-state index is 12.7. The number of halogens is 3. The van der Waals surface area contributed by atoms with E-state index in [0.717, 1.165) is 23.8 Å². The molecule has 4 nitrogen and oxygen atoms in total. The highest BCUT2D eigenvalue weighted by Crippen LogP contribution is 2.32. The first-order valence-electron chi connectivity index (χ1n) is 7.92. The monoisotopic (exact) mass is 365 g/mol. The number of carboxylic acids is 1. The van der Waals surface area contributed by atoms with Crippen LogP contribution in [0.3, 0.4) is 0 Å². The quantitative estimate of drug-likeness (QED) is 0.650. The zero-order chi connectivity index (χ0) is 19.3. The molecule has 1 aromatic rings. The summed E-state index contributed by atoms with van der Waals surface area (Å²) in [4.78, 5) is 23.7. The minimum Gasteiger partial charge on any atom is -0.478 e. The molecule has 1 aliphatic rings. The molecule has 26 heavy (non-hydrogen) atoms. The van der Waals surface area contributed by atoms with Crippen molar-refractivity contribution >= 4 is 17.4 Å². The number of rotatable bonds is 4. The third-order valence-electron chi connectivity index (χ3n) is 4.03. The van der Waals surface area contributed by atoms with Gasteiger partial charge in [0.15, 0.2) is 0 Å². The van der Waals surface area contributed by atoms with Crippen LogP contribution < -0.4 is 0 Å². The maximum Gasteiger partial charge on any atom is 0.416 e. The standard InChI is InChI=1S/C19H18F3NO3/c1-13(24)23-11-9-15(10-12-23)17(3-2-4-18(25)26)14-5-7-16(8-6-14)19(20,21)22/h2-9H,10-12H2,1H3,(H,25,26)/b4-2+,17-3+. The van der Waals surface area contributed by atoms with E-state index in [1.165, 1.54) is 25.1 Å². The van der Waals surface area contributed by atoms with Crippen LogP contribution in [0.2, 0.25) is 0 Å². The molecule has 0 bridgehead atoms. The molecule has 0 aliphatic carbocycles. The van der Waals surface area contributed by atoms with Gasteiger partial charge < -0.3 is 10.0 Å². The zero-order valence-electron chi connectivity index (χ0n) is 14.1. The summed E-state index contributed by atoms with van der Waals surface area (Å²) in [5.74, 6) is -1.17. The van der Waals surface area contributed by atoms with E-state index in [0.29, 0.717) is 30.6 Å². The summed E-state index contributed by atoms with van der Waals surface area (Å²) in [6.45, 7) is 2.38. The van der Waals surface area contributed by atoms with Crippen molar-refractivity contribution in [3.05, 3.63) is 65.3 Å². The molecule has 0 unspecified atom stereocenters. The Bertz CT molecular complexity index is 774. The summed E-state index contributed by atoms with van der Waals surface area (Å²) in [5, 5.41) is 8.73. The van der Waals surface area contributed by atoms with E-state index in [-0.39, 0.29) is 5.91 Å². The molecule has 2 rings (SSSR count). The van der Waals surface area contributed by atoms with Crippen molar-refractivity contribution in [3.63, 3.8) is 0 Å². The van der Waals surface area contributed by atoms with Crippen LogP contribution in [0.5, 0.6) is 0 Å². The molecular weight excluding hydrogens is 347 g/mol. The summed E-state index contributed by atoms with van der Waals surface area (Å²) < 4.78 is 38.2. The molecule has 0 saturated heterocycles. The van der Waals surface area contributed by atoms with Crippen LogP contribution in [0.25, 0.3) is 5.57 Å². The van der Waals surface area contributed by atoms with Crippen molar-refractivity contribution < 1.29 is 27.9 Å². The van der Waals surface area contributed by atoms with Crippen molar-refractivity contribution in [1.82, 2.24) is 4.90 Å². The predicted molar refractivity (Wildman–Crippen MR) is 91.2 cm³/mol. The summed E-state index contributed by atoms with van der Waals surface area (Å²) in [6, 6.07) is 4.72. The largest absolute Gasteiger partial charge is 0.478 e. The number of carboxylic acid groups (broad SMARTS) is 1. The van der Waals surface area contributed by atoms with Gasteiger partial charge in [-0.3, -0.25) is 4.79 Å². The van der Waals surface area contributed by atoms with Gasteiger partial charge in [-0.2, -0.15) is 13.2 Å². The zero-order valence-corrected chi connectivity index (χ0v) is 14.1. The van der Waals surface area contributed by atoms with Gasteiger partial charge in [0, 0.05) is 26.1 Å². The SMILES string of the molecule is CC(=O)N1CC=C(/C(=C/C=C/C(=O)O)c2ccc(C(F)(F)F)cc2)CC1. The van der Waals surface area contributed by atoms with Gasteiger partial charge in [-0.25, -0.2) is 4.79 Å². The van der Waals surface area contributed by atoms with Crippen molar-refractivity contribution in [2.75, 3.05) is 13.1 Å². The molecular formula is C19H18F3NO3. The third kappa shape index (κ3) is 5.08. The van der Waals surface area contributed by atoms with Gasteiger partial charge >= 0.3 is 12.1 Å². The molecule has 0 fully saturated rings. The highest BCUT2D eigenvalue weighted by atomic mass is 19.4. The molecule has 1 amide bonds. The number of hydrogen-bond acceptors (Lipinski definition) is 2. The minimum atomic E-state index is -4.42. The van der Waals surface area contributed by atoms with Crippen LogP contribution in [0.15, 0.2) is 54.1 Å². The fraction of sp³-hybridized carbons (Fsp3) is 0.263. The fourth-order valence-corrected chi connectivity index (χ4v) is 2.65. The molecule has 1 heterocycles. The number of aliphatic carboxylic acids is 1. The number of benzene rings is 1. The second-order valence-corrected chi connectivity index (χ2v) is 5.80. The lowest BCUT2D eigenvalue weighted by Gasteiger charge is -2.26. The molecule has 0 aromatic heterocycles. The van der Waals surface area contributed by atoms with E-state index in [2.05, 4.69) is 0 Å². The Balaban J connectivity index is 2.36. The first-order chi connectivity index (χ1) is 12.2. The van der Waals surface area contributed by atoms with Crippen molar-refractivity contribution in [2.24, 2.45) is 0 Å². The molecule has 1 aromatic carbocycles. The lowest BCUT2D eigenvalue weighted by atomic mass is 9.92. The summed E-state index contributed by atoms with van der Waals surface area (Å²) >= 11 is 0. The van der Waals surface area contributed by atoms with Crippen LogP contribution in [-0.2, 0) is 15.8 Å². The van der Waals surface area contributed by atoms with Crippen LogP contribution in [-0.4, -0.2) is 35.0 Å². The highest BCUT2D eigenvalue weighted by molar-refractivity contribution is 5.84. The Kier molecular flexibility index (Phi) is 6.02. The van der Waals surface area contributed by atoms with Crippen LogP contribution in [0, 0.1) is 0 Å². The summed E-state index contributed by atoms with van der Waals surface area (Å²) in [5.41, 5.74) is 1.30. The summed E-state index contributed by atoms with van der Waals surface area (Å²) in [7, 11) is 0. The molecule has 0 radical (unpaired) electrons. The van der Waals surface area contributed by atoms with Crippen molar-refractivity contribution in [2.45, 2.75) is 19.5 Å². The van der Waals surface area contributed by atoms with E-state index in [1.54, 1.807) is 11.0 Å². The topological polar surface area (TPSA) is 57.6 Å². The minimum absolute atomic E-state index is 0.0499. The first kappa shape index (κ1) is 19.5. The van der Waals surface area contributed by atoms with Crippen molar-refractivity contribution in [3.8, 4) is 0 Å². The molecule has 1 aliphatic heterocycles. The number of hydrogen-bond donors (Lipinski definition) is 1. The lowest BCUT2D eigenvalue weighted by Crippen LogP contribution is -2.33. The molecule has 0 saturated carbocycles. The van der Waals surface area contributed by atoms with Crippen LogP contribution >= 0.6 is 0 Å². The fourth-order valence-electron chi connectivity index (χ4n) is 2.65. The van der Waals surface area contributed by atoms with Gasteiger partial charge in [0.25, 0.3) is 0 Å².